The van der Waals surface area contributed by atoms with Crippen LogP contribution in [0, 0.1) is 0 Å². The van der Waals surface area contributed by atoms with Gasteiger partial charge in [-0.3, -0.25) is 0 Å². The summed E-state index contributed by atoms with van der Waals surface area (Å²) in [7, 11) is 0. The molecule has 0 atom stereocenters. The van der Waals surface area contributed by atoms with Crippen LogP contribution in [0.2, 0.25) is 0 Å². The molecule has 4 rings (SSSR count). The lowest BCUT2D eigenvalue weighted by atomic mass is 10.1. The number of fused-ring (bicyclic) bond motifs is 2. The fraction of sp³-hybridized carbons (Fsp3) is 0.0588. The van der Waals surface area contributed by atoms with Gasteiger partial charge in [0.15, 0.2) is 11.5 Å². The molecule has 0 aromatic heterocycles. The van der Waals surface area contributed by atoms with Crippen molar-refractivity contribution in [2.45, 2.75) is 0 Å². The lowest BCUT2D eigenvalue weighted by Crippen LogP contribution is -1.92. The van der Waals surface area contributed by atoms with Crippen LogP contribution >= 0.6 is 0 Å². The molecular weight excluding hydrogens is 280 g/mol. The van der Waals surface area contributed by atoms with E-state index in [1.165, 1.54) is 0 Å². The summed E-state index contributed by atoms with van der Waals surface area (Å²) >= 11 is 0. The second-order valence-corrected chi connectivity index (χ2v) is 4.89. The van der Waals surface area contributed by atoms with Crippen molar-refractivity contribution in [3.8, 4) is 17.2 Å². The largest absolute Gasteiger partial charge is 0.506 e. The number of rotatable bonds is 2. The average Bonchev–Trinajstić information content (AvgIpc) is 3.01. The van der Waals surface area contributed by atoms with Gasteiger partial charge in [0.25, 0.3) is 0 Å². The van der Waals surface area contributed by atoms with E-state index in [9.17, 15) is 5.11 Å². The molecule has 1 N–H and O–H groups in total. The molecule has 0 fully saturated rings. The Morgan fingerprint density at radius 2 is 1.73 bits per heavy atom. The first-order valence-corrected chi connectivity index (χ1v) is 6.83. The summed E-state index contributed by atoms with van der Waals surface area (Å²) in [4.78, 5) is 0. The molecule has 0 spiro atoms. The van der Waals surface area contributed by atoms with Gasteiger partial charge in [-0.05, 0) is 23.6 Å². The number of hydrogen-bond donors (Lipinski definition) is 1. The minimum absolute atomic E-state index is 0.100. The third-order valence-electron chi connectivity index (χ3n) is 3.50. The summed E-state index contributed by atoms with van der Waals surface area (Å²) in [6.07, 6.45) is 0. The zero-order valence-electron chi connectivity index (χ0n) is 11.6. The molecule has 3 aromatic rings. The van der Waals surface area contributed by atoms with Gasteiger partial charge in [0.1, 0.15) is 11.4 Å². The van der Waals surface area contributed by atoms with Crippen molar-refractivity contribution in [1.29, 1.82) is 0 Å². The van der Waals surface area contributed by atoms with E-state index in [0.717, 1.165) is 10.8 Å². The van der Waals surface area contributed by atoms with E-state index in [1.807, 2.05) is 30.3 Å². The summed E-state index contributed by atoms with van der Waals surface area (Å²) in [5.74, 6) is 1.45. The number of aromatic hydroxyl groups is 1. The Morgan fingerprint density at radius 3 is 2.68 bits per heavy atom. The maximum Gasteiger partial charge on any atom is 0.231 e. The number of ether oxygens (including phenoxy) is 2. The number of phenolic OH excluding ortho intramolecular Hbond substituents is 1. The van der Waals surface area contributed by atoms with E-state index < -0.39 is 0 Å². The highest BCUT2D eigenvalue weighted by atomic mass is 16.7. The maximum absolute atomic E-state index is 10.0. The molecule has 0 aliphatic carbocycles. The van der Waals surface area contributed by atoms with Crippen molar-refractivity contribution in [2.75, 3.05) is 6.79 Å². The van der Waals surface area contributed by atoms with E-state index >= 15 is 0 Å². The molecule has 0 amide bonds. The van der Waals surface area contributed by atoms with E-state index in [4.69, 9.17) is 9.47 Å². The van der Waals surface area contributed by atoms with Crippen LogP contribution < -0.4 is 9.47 Å². The Bertz CT molecular complexity index is 890. The van der Waals surface area contributed by atoms with Gasteiger partial charge in [-0.25, -0.2) is 0 Å². The van der Waals surface area contributed by atoms with Gasteiger partial charge < -0.3 is 14.6 Å². The molecule has 1 aliphatic heterocycles. The second-order valence-electron chi connectivity index (χ2n) is 4.89. The number of azo groups is 1. The van der Waals surface area contributed by atoms with Crippen LogP contribution in [0.5, 0.6) is 17.2 Å². The third-order valence-corrected chi connectivity index (χ3v) is 3.50. The number of benzene rings is 3. The molecule has 0 bridgehead atoms. The van der Waals surface area contributed by atoms with Crippen LogP contribution in [0.1, 0.15) is 0 Å². The number of phenols is 1. The predicted octanol–water partition coefficient (Wildman–Crippen LogP) is 4.69. The summed E-state index contributed by atoms with van der Waals surface area (Å²) < 4.78 is 10.6. The quantitative estimate of drug-likeness (QED) is 0.697. The fourth-order valence-electron chi connectivity index (χ4n) is 2.40. The molecule has 0 radical (unpaired) electrons. The van der Waals surface area contributed by atoms with Crippen molar-refractivity contribution in [1.82, 2.24) is 0 Å². The molecule has 22 heavy (non-hydrogen) atoms. The predicted molar refractivity (Wildman–Crippen MR) is 82.4 cm³/mol. The monoisotopic (exact) mass is 292 g/mol. The van der Waals surface area contributed by atoms with Crippen molar-refractivity contribution in [3.05, 3.63) is 54.6 Å². The second kappa shape index (κ2) is 5.04. The highest BCUT2D eigenvalue weighted by Crippen LogP contribution is 2.38. The van der Waals surface area contributed by atoms with Crippen LogP contribution in [0.3, 0.4) is 0 Å². The SMILES string of the molecule is Oc1ccc2ccccc2c1N=Nc1ccc2c(c1)OCO2. The summed E-state index contributed by atoms with van der Waals surface area (Å²) in [5, 5.41) is 20.3. The van der Waals surface area contributed by atoms with E-state index in [-0.39, 0.29) is 12.5 Å². The van der Waals surface area contributed by atoms with Crippen LogP contribution in [0.4, 0.5) is 11.4 Å². The lowest BCUT2D eigenvalue weighted by Gasteiger charge is -2.03. The zero-order chi connectivity index (χ0) is 14.9. The van der Waals surface area contributed by atoms with Gasteiger partial charge in [0.05, 0.1) is 5.69 Å². The van der Waals surface area contributed by atoms with Crippen LogP contribution in [-0.4, -0.2) is 11.9 Å². The smallest absolute Gasteiger partial charge is 0.231 e. The minimum atomic E-state index is 0.100. The van der Waals surface area contributed by atoms with E-state index in [2.05, 4.69) is 10.2 Å². The number of nitrogens with zero attached hydrogens (tertiary/aromatic N) is 2. The summed E-state index contributed by atoms with van der Waals surface area (Å²) in [6, 6.07) is 16.5. The Hall–Kier alpha value is -3.08. The van der Waals surface area contributed by atoms with Gasteiger partial charge in [0.2, 0.25) is 6.79 Å². The first-order valence-electron chi connectivity index (χ1n) is 6.83. The molecule has 1 heterocycles. The Morgan fingerprint density at radius 1 is 0.864 bits per heavy atom. The first kappa shape index (κ1) is 12.6. The van der Waals surface area contributed by atoms with E-state index in [0.29, 0.717) is 22.9 Å². The molecule has 108 valence electrons. The average molecular weight is 292 g/mol. The molecule has 0 saturated heterocycles. The minimum Gasteiger partial charge on any atom is -0.506 e. The maximum atomic E-state index is 10.0. The third kappa shape index (κ3) is 2.13. The van der Waals surface area contributed by atoms with Crippen LogP contribution in [0.15, 0.2) is 64.8 Å². The zero-order valence-corrected chi connectivity index (χ0v) is 11.6. The van der Waals surface area contributed by atoms with Gasteiger partial charge in [0, 0.05) is 11.5 Å². The van der Waals surface area contributed by atoms with Crippen molar-refractivity contribution >= 4 is 22.1 Å². The van der Waals surface area contributed by atoms with Crippen molar-refractivity contribution in [3.63, 3.8) is 0 Å². The van der Waals surface area contributed by atoms with Crippen molar-refractivity contribution in [2.24, 2.45) is 10.2 Å². The molecule has 5 nitrogen and oxygen atoms in total. The first-order chi connectivity index (χ1) is 10.8. The number of hydrogen-bond acceptors (Lipinski definition) is 5. The molecule has 3 aromatic carbocycles. The summed E-state index contributed by atoms with van der Waals surface area (Å²) in [6.45, 7) is 0.222. The Kier molecular flexibility index (Phi) is 2.89. The van der Waals surface area contributed by atoms with Gasteiger partial charge in [-0.15, -0.1) is 5.11 Å². The molecular formula is C17H12N2O3. The van der Waals surface area contributed by atoms with Crippen molar-refractivity contribution < 1.29 is 14.6 Å². The highest BCUT2D eigenvalue weighted by Gasteiger charge is 2.13. The Labute approximate surface area is 126 Å². The normalized spacial score (nSPS) is 13.1. The fourth-order valence-corrected chi connectivity index (χ4v) is 2.40. The van der Waals surface area contributed by atoms with Crippen LogP contribution in [0.25, 0.3) is 10.8 Å². The standard InChI is InChI=1S/C17H12N2O3/c20-14-7-5-11-3-1-2-4-13(11)17(14)19-18-12-6-8-15-16(9-12)22-10-21-15/h1-9,20H,10H2. The molecule has 1 aliphatic rings. The highest BCUT2D eigenvalue weighted by molar-refractivity contribution is 5.95. The van der Waals surface area contributed by atoms with Gasteiger partial charge in [-0.1, -0.05) is 30.3 Å². The topological polar surface area (TPSA) is 63.4 Å². The molecule has 5 heteroatoms. The molecule has 0 saturated carbocycles. The lowest BCUT2D eigenvalue weighted by molar-refractivity contribution is 0.174. The van der Waals surface area contributed by atoms with Gasteiger partial charge >= 0.3 is 0 Å². The Balaban J connectivity index is 1.75. The molecule has 0 unspecified atom stereocenters. The van der Waals surface area contributed by atoms with Crippen LogP contribution in [-0.2, 0) is 0 Å². The van der Waals surface area contributed by atoms with Gasteiger partial charge in [-0.2, -0.15) is 5.11 Å². The summed E-state index contributed by atoms with van der Waals surface area (Å²) in [5.41, 5.74) is 1.09. The van der Waals surface area contributed by atoms with E-state index in [1.54, 1.807) is 24.3 Å².